The van der Waals surface area contributed by atoms with Gasteiger partial charge in [0.05, 0.1) is 19.8 Å². The van der Waals surface area contributed by atoms with Crippen molar-refractivity contribution in [1.82, 2.24) is 10.6 Å². The van der Waals surface area contributed by atoms with Crippen LogP contribution in [0.4, 0.5) is 0 Å². The van der Waals surface area contributed by atoms with E-state index >= 15 is 0 Å². The standard InChI is InChI=1S/C15H22N2O3/c1-12-3-2-4-14(9-12)20-8-6-17-15(18)10-13-11-19-7-5-16-13/h2-4,9,13,16H,5-8,10-11H2,1H3,(H,17,18). The highest BCUT2D eigenvalue weighted by Crippen LogP contribution is 2.11. The molecule has 110 valence electrons. The molecule has 0 bridgehead atoms. The van der Waals surface area contributed by atoms with Gasteiger partial charge in [0.15, 0.2) is 0 Å². The lowest BCUT2D eigenvalue weighted by Gasteiger charge is -2.23. The minimum absolute atomic E-state index is 0.0286. The third-order valence-corrected chi connectivity index (χ3v) is 3.11. The molecule has 1 aromatic rings. The average Bonchev–Trinajstić information content (AvgIpc) is 2.45. The van der Waals surface area contributed by atoms with Gasteiger partial charge in [-0.1, -0.05) is 12.1 Å². The number of rotatable bonds is 6. The van der Waals surface area contributed by atoms with Crippen LogP contribution in [-0.2, 0) is 9.53 Å². The maximum Gasteiger partial charge on any atom is 0.221 e. The molecule has 0 aromatic heterocycles. The molecule has 1 aliphatic heterocycles. The van der Waals surface area contributed by atoms with Gasteiger partial charge in [-0.2, -0.15) is 0 Å². The molecule has 2 rings (SSSR count). The second-order valence-electron chi connectivity index (χ2n) is 4.95. The Morgan fingerprint density at radius 3 is 3.20 bits per heavy atom. The van der Waals surface area contributed by atoms with Crippen molar-refractivity contribution in [3.8, 4) is 5.75 Å². The Morgan fingerprint density at radius 1 is 1.55 bits per heavy atom. The fraction of sp³-hybridized carbons (Fsp3) is 0.533. The van der Waals surface area contributed by atoms with Crippen LogP contribution in [0.2, 0.25) is 0 Å². The van der Waals surface area contributed by atoms with E-state index in [-0.39, 0.29) is 11.9 Å². The van der Waals surface area contributed by atoms with Crippen molar-refractivity contribution in [3.05, 3.63) is 29.8 Å². The van der Waals surface area contributed by atoms with Gasteiger partial charge in [-0.25, -0.2) is 0 Å². The first-order valence-electron chi connectivity index (χ1n) is 7.01. The minimum atomic E-state index is 0.0286. The number of aryl methyl sites for hydroxylation is 1. The summed E-state index contributed by atoms with van der Waals surface area (Å²) in [6.45, 7) is 5.15. The van der Waals surface area contributed by atoms with E-state index in [1.165, 1.54) is 0 Å². The van der Waals surface area contributed by atoms with Crippen LogP contribution < -0.4 is 15.4 Å². The van der Waals surface area contributed by atoms with Crippen molar-refractivity contribution in [1.29, 1.82) is 0 Å². The smallest absolute Gasteiger partial charge is 0.221 e. The van der Waals surface area contributed by atoms with Crippen LogP contribution in [0.1, 0.15) is 12.0 Å². The van der Waals surface area contributed by atoms with Crippen LogP contribution in [0.5, 0.6) is 5.75 Å². The molecule has 1 amide bonds. The Labute approximate surface area is 119 Å². The van der Waals surface area contributed by atoms with Gasteiger partial charge in [0, 0.05) is 19.0 Å². The molecular weight excluding hydrogens is 256 g/mol. The number of hydrogen-bond acceptors (Lipinski definition) is 4. The topological polar surface area (TPSA) is 59.6 Å². The number of ether oxygens (including phenoxy) is 2. The average molecular weight is 278 g/mol. The summed E-state index contributed by atoms with van der Waals surface area (Å²) in [5.41, 5.74) is 1.16. The highest BCUT2D eigenvalue weighted by molar-refractivity contribution is 5.76. The van der Waals surface area contributed by atoms with Crippen LogP contribution in [0.3, 0.4) is 0 Å². The molecule has 0 spiro atoms. The second-order valence-corrected chi connectivity index (χ2v) is 4.95. The van der Waals surface area contributed by atoms with E-state index in [0.29, 0.717) is 26.2 Å². The number of morpholine rings is 1. The lowest BCUT2D eigenvalue weighted by Crippen LogP contribution is -2.44. The molecule has 1 atom stereocenters. The number of nitrogens with one attached hydrogen (secondary N) is 2. The number of carbonyl (C=O) groups excluding carboxylic acids is 1. The molecule has 1 saturated heterocycles. The summed E-state index contributed by atoms with van der Waals surface area (Å²) in [6.07, 6.45) is 0.449. The zero-order chi connectivity index (χ0) is 14.2. The maximum atomic E-state index is 11.7. The van der Waals surface area contributed by atoms with Crippen LogP contribution in [0, 0.1) is 6.92 Å². The first-order valence-corrected chi connectivity index (χ1v) is 7.01. The number of benzene rings is 1. The molecule has 1 unspecified atom stereocenters. The number of carbonyl (C=O) groups is 1. The van der Waals surface area contributed by atoms with Gasteiger partial charge in [-0.05, 0) is 24.6 Å². The highest BCUT2D eigenvalue weighted by Gasteiger charge is 2.16. The van der Waals surface area contributed by atoms with Gasteiger partial charge in [0.25, 0.3) is 0 Å². The molecule has 1 aliphatic rings. The van der Waals surface area contributed by atoms with Gasteiger partial charge < -0.3 is 20.1 Å². The molecular formula is C15H22N2O3. The molecule has 2 N–H and O–H groups in total. The van der Waals surface area contributed by atoms with E-state index in [9.17, 15) is 4.79 Å². The fourth-order valence-electron chi connectivity index (χ4n) is 2.11. The maximum absolute atomic E-state index is 11.7. The van der Waals surface area contributed by atoms with E-state index in [4.69, 9.17) is 9.47 Å². The summed E-state index contributed by atoms with van der Waals surface area (Å²) in [5.74, 6) is 0.863. The van der Waals surface area contributed by atoms with E-state index in [2.05, 4.69) is 10.6 Å². The first-order chi connectivity index (χ1) is 9.74. The molecule has 1 aromatic carbocycles. The zero-order valence-corrected chi connectivity index (χ0v) is 11.9. The van der Waals surface area contributed by atoms with E-state index < -0.39 is 0 Å². The van der Waals surface area contributed by atoms with Gasteiger partial charge in [0.2, 0.25) is 5.91 Å². The predicted molar refractivity (Wildman–Crippen MR) is 76.9 cm³/mol. The zero-order valence-electron chi connectivity index (χ0n) is 11.9. The van der Waals surface area contributed by atoms with E-state index in [1.807, 2.05) is 31.2 Å². The summed E-state index contributed by atoms with van der Waals surface area (Å²) in [6, 6.07) is 8.00. The van der Waals surface area contributed by atoms with E-state index in [0.717, 1.165) is 24.5 Å². The van der Waals surface area contributed by atoms with Crippen molar-refractivity contribution < 1.29 is 14.3 Å². The number of hydrogen-bond donors (Lipinski definition) is 2. The van der Waals surface area contributed by atoms with Gasteiger partial charge in [-0.15, -0.1) is 0 Å². The first kappa shape index (κ1) is 14.8. The summed E-state index contributed by atoms with van der Waals surface area (Å²) in [5, 5.41) is 6.11. The molecule has 0 radical (unpaired) electrons. The number of amides is 1. The monoisotopic (exact) mass is 278 g/mol. The third kappa shape index (κ3) is 5.19. The molecule has 5 nitrogen and oxygen atoms in total. The van der Waals surface area contributed by atoms with E-state index in [1.54, 1.807) is 0 Å². The van der Waals surface area contributed by atoms with Crippen LogP contribution in [-0.4, -0.2) is 44.9 Å². The van der Waals surface area contributed by atoms with Crippen LogP contribution >= 0.6 is 0 Å². The Hall–Kier alpha value is -1.59. The Balaban J connectivity index is 1.59. The van der Waals surface area contributed by atoms with Crippen LogP contribution in [0.15, 0.2) is 24.3 Å². The van der Waals surface area contributed by atoms with Crippen molar-refractivity contribution in [2.75, 3.05) is 32.9 Å². The molecule has 1 fully saturated rings. The van der Waals surface area contributed by atoms with Gasteiger partial charge >= 0.3 is 0 Å². The summed E-state index contributed by atoms with van der Waals surface area (Å²) < 4.78 is 10.9. The van der Waals surface area contributed by atoms with Crippen LogP contribution in [0.25, 0.3) is 0 Å². The summed E-state index contributed by atoms with van der Waals surface area (Å²) in [4.78, 5) is 11.7. The highest BCUT2D eigenvalue weighted by atomic mass is 16.5. The largest absolute Gasteiger partial charge is 0.492 e. The molecule has 0 aliphatic carbocycles. The van der Waals surface area contributed by atoms with Crippen molar-refractivity contribution >= 4 is 5.91 Å². The molecule has 20 heavy (non-hydrogen) atoms. The van der Waals surface area contributed by atoms with Crippen molar-refractivity contribution in [2.45, 2.75) is 19.4 Å². The lowest BCUT2D eigenvalue weighted by molar-refractivity contribution is -0.122. The molecule has 1 heterocycles. The summed E-state index contributed by atoms with van der Waals surface area (Å²) in [7, 11) is 0. The second kappa shape index (κ2) is 7.87. The Bertz CT molecular complexity index is 431. The minimum Gasteiger partial charge on any atom is -0.492 e. The van der Waals surface area contributed by atoms with Crippen molar-refractivity contribution in [3.63, 3.8) is 0 Å². The molecule has 0 saturated carbocycles. The Kier molecular flexibility index (Phi) is 5.83. The van der Waals surface area contributed by atoms with Gasteiger partial charge in [0.1, 0.15) is 12.4 Å². The SMILES string of the molecule is Cc1cccc(OCCNC(=O)CC2COCCN2)c1. The third-order valence-electron chi connectivity index (χ3n) is 3.11. The quantitative estimate of drug-likeness (QED) is 0.758. The lowest BCUT2D eigenvalue weighted by atomic mass is 10.2. The fourth-order valence-corrected chi connectivity index (χ4v) is 2.11. The van der Waals surface area contributed by atoms with Crippen molar-refractivity contribution in [2.24, 2.45) is 0 Å². The Morgan fingerprint density at radius 2 is 2.45 bits per heavy atom. The molecule has 5 heteroatoms. The van der Waals surface area contributed by atoms with Gasteiger partial charge in [-0.3, -0.25) is 4.79 Å². The summed E-state index contributed by atoms with van der Waals surface area (Å²) >= 11 is 0. The predicted octanol–water partition coefficient (Wildman–Crippen LogP) is 0.869. The normalized spacial score (nSPS) is 18.6.